The van der Waals surface area contributed by atoms with Crippen molar-refractivity contribution in [2.24, 2.45) is 0 Å². The highest BCUT2D eigenvalue weighted by molar-refractivity contribution is 5.82. The van der Waals surface area contributed by atoms with E-state index in [9.17, 15) is 0 Å². The van der Waals surface area contributed by atoms with Gasteiger partial charge < -0.3 is 14.2 Å². The highest BCUT2D eigenvalue weighted by atomic mass is 16.7. The maximum atomic E-state index is 6.56. The molecule has 0 aliphatic carbocycles. The van der Waals surface area contributed by atoms with E-state index in [0.717, 1.165) is 40.2 Å². The van der Waals surface area contributed by atoms with Gasteiger partial charge in [0.25, 0.3) is 0 Å². The molecule has 0 spiro atoms. The summed E-state index contributed by atoms with van der Waals surface area (Å²) in [5.41, 5.74) is 5.70. The summed E-state index contributed by atoms with van der Waals surface area (Å²) in [7, 11) is 0. The van der Waals surface area contributed by atoms with Crippen LogP contribution in [0.4, 0.5) is 0 Å². The second-order valence-electron chi connectivity index (χ2n) is 9.24. The smallest absolute Gasteiger partial charge is 0.197 e. The first-order chi connectivity index (χ1) is 17.5. The molecule has 3 atom stereocenters. The minimum absolute atomic E-state index is 0.170. The van der Waals surface area contributed by atoms with Crippen LogP contribution in [0.5, 0.6) is 11.5 Å². The Hall–Kier alpha value is -3.56. The van der Waals surface area contributed by atoms with Crippen LogP contribution in [0.2, 0.25) is 0 Å². The van der Waals surface area contributed by atoms with E-state index >= 15 is 0 Å². The molecule has 4 aromatic rings. The van der Waals surface area contributed by atoms with Crippen molar-refractivity contribution in [1.29, 1.82) is 0 Å². The topological polar surface area (TPSA) is 27.7 Å². The summed E-state index contributed by atoms with van der Waals surface area (Å²) >= 11 is 0. The van der Waals surface area contributed by atoms with E-state index < -0.39 is 0 Å². The molecule has 0 amide bonds. The Kier molecular flexibility index (Phi) is 8.80. The van der Waals surface area contributed by atoms with Gasteiger partial charge >= 0.3 is 0 Å². The molecule has 0 saturated carbocycles. The van der Waals surface area contributed by atoms with Crippen LogP contribution in [0, 0.1) is 0 Å². The highest BCUT2D eigenvalue weighted by Gasteiger charge is 2.17. The number of benzene rings is 4. The molecule has 0 heterocycles. The maximum Gasteiger partial charge on any atom is 0.197 e. The number of rotatable bonds is 11. The lowest BCUT2D eigenvalue weighted by Gasteiger charge is -2.23. The van der Waals surface area contributed by atoms with Crippen LogP contribution in [0.15, 0.2) is 103 Å². The minimum atomic E-state index is -0.386. The standard InChI is InChI=1S/C33H36O3/c1-5-24(2)27-19-21-30(22-20-27)36-26(4)34-23-25(3)35-33-31(28-13-8-6-9-14-28)17-12-18-32(33)29-15-10-7-11-16-29/h6-22,24-26H,5,23H2,1-4H3. The third-order valence-corrected chi connectivity index (χ3v) is 6.43. The monoisotopic (exact) mass is 480 g/mol. The molecule has 0 bridgehead atoms. The molecule has 4 aromatic carbocycles. The molecule has 0 radical (unpaired) electrons. The molecule has 0 fully saturated rings. The van der Waals surface area contributed by atoms with Crippen LogP contribution < -0.4 is 9.47 Å². The lowest BCUT2D eigenvalue weighted by molar-refractivity contribution is -0.0868. The Balaban J connectivity index is 1.45. The summed E-state index contributed by atoms with van der Waals surface area (Å²) in [6.45, 7) is 8.80. The van der Waals surface area contributed by atoms with Gasteiger partial charge in [0, 0.05) is 11.1 Å². The largest absolute Gasteiger partial charge is 0.487 e. The van der Waals surface area contributed by atoms with Crippen LogP contribution in [0.25, 0.3) is 22.3 Å². The van der Waals surface area contributed by atoms with Crippen molar-refractivity contribution in [1.82, 2.24) is 0 Å². The van der Waals surface area contributed by atoms with Crippen LogP contribution in [0.3, 0.4) is 0 Å². The summed E-state index contributed by atoms with van der Waals surface area (Å²) in [4.78, 5) is 0. The quantitative estimate of drug-likeness (QED) is 0.201. The SMILES string of the molecule is CCC(C)c1ccc(OC(C)OCC(C)Oc2c(-c3ccccc3)cccc2-c2ccccc2)cc1. The lowest BCUT2D eigenvalue weighted by atomic mass is 9.97. The fourth-order valence-electron chi connectivity index (χ4n) is 4.20. The predicted molar refractivity (Wildman–Crippen MR) is 149 cm³/mol. The molecule has 0 aromatic heterocycles. The number of para-hydroxylation sites is 1. The van der Waals surface area contributed by atoms with Crippen LogP contribution in [-0.2, 0) is 4.74 Å². The summed E-state index contributed by atoms with van der Waals surface area (Å²) in [6, 6.07) is 35.3. The Labute approximate surface area is 215 Å². The number of hydrogen-bond donors (Lipinski definition) is 0. The van der Waals surface area contributed by atoms with Gasteiger partial charge in [-0.2, -0.15) is 0 Å². The van der Waals surface area contributed by atoms with E-state index in [1.54, 1.807) is 0 Å². The van der Waals surface area contributed by atoms with Crippen molar-refractivity contribution >= 4 is 0 Å². The Morgan fingerprint density at radius 3 is 1.69 bits per heavy atom. The van der Waals surface area contributed by atoms with Gasteiger partial charge in [-0.05, 0) is 55.0 Å². The first kappa shape index (κ1) is 25.5. The van der Waals surface area contributed by atoms with Crippen molar-refractivity contribution < 1.29 is 14.2 Å². The second-order valence-corrected chi connectivity index (χ2v) is 9.24. The Bertz CT molecular complexity index is 1150. The molecule has 36 heavy (non-hydrogen) atoms. The molecule has 4 rings (SSSR count). The van der Waals surface area contributed by atoms with E-state index in [0.29, 0.717) is 12.5 Å². The van der Waals surface area contributed by atoms with Crippen molar-refractivity contribution in [3.8, 4) is 33.8 Å². The highest BCUT2D eigenvalue weighted by Crippen LogP contribution is 2.39. The summed E-state index contributed by atoms with van der Waals surface area (Å²) in [6.07, 6.45) is 0.566. The molecule has 0 saturated heterocycles. The molecular formula is C33H36O3. The van der Waals surface area contributed by atoms with Crippen LogP contribution in [0.1, 0.15) is 45.6 Å². The first-order valence-corrected chi connectivity index (χ1v) is 12.8. The fraction of sp³-hybridized carbons (Fsp3) is 0.273. The Morgan fingerprint density at radius 2 is 1.17 bits per heavy atom. The zero-order valence-corrected chi connectivity index (χ0v) is 21.7. The molecule has 3 unspecified atom stereocenters. The molecule has 0 N–H and O–H groups in total. The van der Waals surface area contributed by atoms with E-state index in [1.807, 2.05) is 38.1 Å². The molecule has 3 nitrogen and oxygen atoms in total. The normalized spacial score (nSPS) is 13.6. The molecule has 0 aliphatic rings. The van der Waals surface area contributed by atoms with Gasteiger partial charge in [0.15, 0.2) is 6.29 Å². The maximum absolute atomic E-state index is 6.56. The number of hydrogen-bond acceptors (Lipinski definition) is 3. The zero-order chi connectivity index (χ0) is 25.3. The van der Waals surface area contributed by atoms with Gasteiger partial charge in [0.05, 0.1) is 6.61 Å². The second kappa shape index (κ2) is 12.4. The average Bonchev–Trinajstić information content (AvgIpc) is 2.93. The third-order valence-electron chi connectivity index (χ3n) is 6.43. The van der Waals surface area contributed by atoms with Crippen molar-refractivity contribution in [2.75, 3.05) is 6.61 Å². The van der Waals surface area contributed by atoms with Gasteiger partial charge in [0.2, 0.25) is 0 Å². The third kappa shape index (κ3) is 6.56. The molecule has 186 valence electrons. The van der Waals surface area contributed by atoms with Crippen LogP contribution >= 0.6 is 0 Å². The lowest BCUT2D eigenvalue weighted by Crippen LogP contribution is -2.26. The van der Waals surface area contributed by atoms with Gasteiger partial charge in [-0.25, -0.2) is 0 Å². The Morgan fingerprint density at radius 1 is 0.611 bits per heavy atom. The van der Waals surface area contributed by atoms with E-state index in [4.69, 9.17) is 14.2 Å². The molecule has 3 heteroatoms. The summed E-state index contributed by atoms with van der Waals surface area (Å²) < 4.78 is 18.6. The van der Waals surface area contributed by atoms with Gasteiger partial charge in [-0.15, -0.1) is 0 Å². The van der Waals surface area contributed by atoms with Crippen molar-refractivity contribution in [2.45, 2.75) is 52.4 Å². The average molecular weight is 481 g/mol. The van der Waals surface area contributed by atoms with Gasteiger partial charge in [0.1, 0.15) is 17.6 Å². The molecular weight excluding hydrogens is 444 g/mol. The summed E-state index contributed by atoms with van der Waals surface area (Å²) in [5.74, 6) is 2.22. The first-order valence-electron chi connectivity index (χ1n) is 12.8. The van der Waals surface area contributed by atoms with Crippen molar-refractivity contribution in [3.63, 3.8) is 0 Å². The van der Waals surface area contributed by atoms with Gasteiger partial charge in [-0.3, -0.25) is 0 Å². The molecule has 0 aliphatic heterocycles. The minimum Gasteiger partial charge on any atom is -0.487 e. The van der Waals surface area contributed by atoms with Crippen molar-refractivity contribution in [3.05, 3.63) is 109 Å². The number of ether oxygens (including phenoxy) is 3. The zero-order valence-electron chi connectivity index (χ0n) is 21.7. The van der Waals surface area contributed by atoms with Crippen LogP contribution in [-0.4, -0.2) is 19.0 Å². The van der Waals surface area contributed by atoms with E-state index in [1.165, 1.54) is 5.56 Å². The summed E-state index contributed by atoms with van der Waals surface area (Å²) in [5, 5.41) is 0. The van der Waals surface area contributed by atoms with Gasteiger partial charge in [-0.1, -0.05) is 105 Å². The van der Waals surface area contributed by atoms with E-state index in [2.05, 4.69) is 92.7 Å². The van der Waals surface area contributed by atoms with E-state index in [-0.39, 0.29) is 12.4 Å². The fourth-order valence-corrected chi connectivity index (χ4v) is 4.20. The predicted octanol–water partition coefficient (Wildman–Crippen LogP) is 8.74.